The molecule has 2 aliphatic rings. The van der Waals surface area contributed by atoms with Crippen LogP contribution in [-0.4, -0.2) is 43.8 Å². The fraction of sp³-hybridized carbons (Fsp3) is 1.00. The Morgan fingerprint density at radius 1 is 1.33 bits per heavy atom. The van der Waals surface area contributed by atoms with E-state index in [0.717, 1.165) is 38.1 Å². The first-order valence-corrected chi connectivity index (χ1v) is 7.72. The Balaban J connectivity index is 1.78. The lowest BCUT2D eigenvalue weighted by atomic mass is 9.83. The molecule has 2 aliphatic carbocycles. The van der Waals surface area contributed by atoms with Crippen LogP contribution in [0, 0.1) is 11.8 Å². The van der Waals surface area contributed by atoms with Crippen LogP contribution in [0.5, 0.6) is 0 Å². The lowest BCUT2D eigenvalue weighted by Crippen LogP contribution is -2.55. The molecule has 2 saturated carbocycles. The average Bonchev–Trinajstić information content (AvgIpc) is 3.11. The summed E-state index contributed by atoms with van der Waals surface area (Å²) in [5.74, 6) is 1.64. The van der Waals surface area contributed by atoms with Crippen LogP contribution in [0.25, 0.3) is 0 Å². The first-order valence-electron chi connectivity index (χ1n) is 7.72. The Bertz CT molecular complexity index is 255. The summed E-state index contributed by atoms with van der Waals surface area (Å²) >= 11 is 0. The summed E-state index contributed by atoms with van der Waals surface area (Å²) in [6.45, 7) is 5.97. The Labute approximate surface area is 112 Å². The highest BCUT2D eigenvalue weighted by Crippen LogP contribution is 2.40. The van der Waals surface area contributed by atoms with E-state index < -0.39 is 0 Å². The van der Waals surface area contributed by atoms with Gasteiger partial charge in [0.25, 0.3) is 0 Å². The minimum absolute atomic E-state index is 0.248. The summed E-state index contributed by atoms with van der Waals surface area (Å²) in [6.07, 6.45) is 7.95. The number of rotatable bonds is 8. The molecule has 0 radical (unpaired) electrons. The first-order chi connectivity index (χ1) is 8.73. The molecule has 3 nitrogen and oxygen atoms in total. The molecular formula is C15H30N2O. The molecule has 2 N–H and O–H groups in total. The second kappa shape index (κ2) is 6.36. The van der Waals surface area contributed by atoms with E-state index in [9.17, 15) is 0 Å². The summed E-state index contributed by atoms with van der Waals surface area (Å²) in [7, 11) is 2.24. The molecule has 2 unspecified atom stereocenters. The van der Waals surface area contributed by atoms with E-state index in [1.807, 2.05) is 0 Å². The third-order valence-corrected chi connectivity index (χ3v) is 5.15. The standard InChI is InChI=1S/C15H30N2O/c1-3-14-5-4-8-15(14,12-16)17(2)9-10-18-11-13-6-7-13/h13-14H,3-12,16H2,1-2H3. The minimum Gasteiger partial charge on any atom is -0.380 e. The first kappa shape index (κ1) is 14.3. The Morgan fingerprint density at radius 3 is 2.72 bits per heavy atom. The molecule has 0 bridgehead atoms. The van der Waals surface area contributed by atoms with Gasteiger partial charge in [-0.25, -0.2) is 0 Å². The lowest BCUT2D eigenvalue weighted by Gasteiger charge is -2.42. The van der Waals surface area contributed by atoms with Crippen molar-refractivity contribution in [3.63, 3.8) is 0 Å². The molecule has 0 spiro atoms. The van der Waals surface area contributed by atoms with Crippen LogP contribution in [0.1, 0.15) is 45.4 Å². The monoisotopic (exact) mass is 254 g/mol. The van der Waals surface area contributed by atoms with Gasteiger partial charge in [-0.05, 0) is 44.6 Å². The van der Waals surface area contributed by atoms with E-state index in [1.165, 1.54) is 38.5 Å². The van der Waals surface area contributed by atoms with Crippen LogP contribution in [0.3, 0.4) is 0 Å². The zero-order chi connectivity index (χ0) is 13.0. The van der Waals surface area contributed by atoms with E-state index in [1.54, 1.807) is 0 Å². The number of likely N-dealkylation sites (N-methyl/N-ethyl adjacent to an activating group) is 1. The van der Waals surface area contributed by atoms with Gasteiger partial charge in [0.2, 0.25) is 0 Å². The van der Waals surface area contributed by atoms with E-state index in [2.05, 4.69) is 18.9 Å². The maximum atomic E-state index is 6.12. The topological polar surface area (TPSA) is 38.5 Å². The van der Waals surface area contributed by atoms with Gasteiger partial charge < -0.3 is 10.5 Å². The Kier molecular flexibility index (Phi) is 5.05. The van der Waals surface area contributed by atoms with Crippen molar-refractivity contribution in [2.45, 2.75) is 51.0 Å². The highest BCUT2D eigenvalue weighted by molar-refractivity contribution is 5.00. The van der Waals surface area contributed by atoms with Crippen molar-refractivity contribution in [2.75, 3.05) is 33.4 Å². The number of nitrogens with zero attached hydrogens (tertiary/aromatic N) is 1. The van der Waals surface area contributed by atoms with Crippen LogP contribution in [0.15, 0.2) is 0 Å². The maximum absolute atomic E-state index is 6.12. The van der Waals surface area contributed by atoms with Crippen LogP contribution < -0.4 is 5.73 Å². The maximum Gasteiger partial charge on any atom is 0.0593 e. The zero-order valence-electron chi connectivity index (χ0n) is 12.2. The predicted molar refractivity (Wildman–Crippen MR) is 75.6 cm³/mol. The van der Waals surface area contributed by atoms with E-state index in [-0.39, 0.29) is 5.54 Å². The molecule has 3 heteroatoms. The molecule has 0 saturated heterocycles. The number of ether oxygens (including phenoxy) is 1. The van der Waals surface area contributed by atoms with Crippen LogP contribution in [-0.2, 0) is 4.74 Å². The van der Waals surface area contributed by atoms with Gasteiger partial charge >= 0.3 is 0 Å². The van der Waals surface area contributed by atoms with Crippen LogP contribution >= 0.6 is 0 Å². The molecule has 18 heavy (non-hydrogen) atoms. The Morgan fingerprint density at radius 2 is 2.11 bits per heavy atom. The summed E-state index contributed by atoms with van der Waals surface area (Å²) in [4.78, 5) is 2.49. The molecule has 0 heterocycles. The normalized spacial score (nSPS) is 32.3. The molecule has 0 aromatic heterocycles. The van der Waals surface area contributed by atoms with Gasteiger partial charge in [0.15, 0.2) is 0 Å². The van der Waals surface area contributed by atoms with Gasteiger partial charge in [-0.1, -0.05) is 19.8 Å². The third kappa shape index (κ3) is 3.06. The van der Waals surface area contributed by atoms with E-state index in [0.29, 0.717) is 0 Å². The van der Waals surface area contributed by atoms with Gasteiger partial charge in [-0.15, -0.1) is 0 Å². The SMILES string of the molecule is CCC1CCCC1(CN)N(C)CCOCC1CC1. The number of hydrogen-bond acceptors (Lipinski definition) is 3. The molecular weight excluding hydrogens is 224 g/mol. The van der Waals surface area contributed by atoms with E-state index in [4.69, 9.17) is 10.5 Å². The highest BCUT2D eigenvalue weighted by atomic mass is 16.5. The largest absolute Gasteiger partial charge is 0.380 e. The Hall–Kier alpha value is -0.120. The van der Waals surface area contributed by atoms with Gasteiger partial charge in [-0.2, -0.15) is 0 Å². The van der Waals surface area contributed by atoms with Gasteiger partial charge in [0.1, 0.15) is 0 Å². The smallest absolute Gasteiger partial charge is 0.0593 e. The van der Waals surface area contributed by atoms with E-state index >= 15 is 0 Å². The molecule has 0 amide bonds. The summed E-state index contributed by atoms with van der Waals surface area (Å²) in [6, 6.07) is 0. The predicted octanol–water partition coefficient (Wildman–Crippen LogP) is 2.25. The molecule has 2 atom stereocenters. The molecule has 2 fully saturated rings. The third-order valence-electron chi connectivity index (χ3n) is 5.15. The second-order valence-electron chi connectivity index (χ2n) is 6.24. The molecule has 0 aliphatic heterocycles. The number of nitrogens with two attached hydrogens (primary N) is 1. The van der Waals surface area contributed by atoms with Crippen molar-refractivity contribution in [3.05, 3.63) is 0 Å². The van der Waals surface area contributed by atoms with Crippen LogP contribution in [0.4, 0.5) is 0 Å². The fourth-order valence-electron chi connectivity index (χ4n) is 3.60. The average molecular weight is 254 g/mol. The van der Waals surface area contributed by atoms with Crippen molar-refractivity contribution < 1.29 is 4.74 Å². The van der Waals surface area contributed by atoms with Crippen molar-refractivity contribution >= 4 is 0 Å². The van der Waals surface area contributed by atoms with Crippen molar-refractivity contribution in [2.24, 2.45) is 17.6 Å². The minimum atomic E-state index is 0.248. The molecule has 0 aromatic rings. The zero-order valence-corrected chi connectivity index (χ0v) is 12.2. The quantitative estimate of drug-likeness (QED) is 0.675. The molecule has 106 valence electrons. The fourth-order valence-corrected chi connectivity index (χ4v) is 3.60. The summed E-state index contributed by atoms with van der Waals surface area (Å²) < 4.78 is 5.76. The summed E-state index contributed by atoms with van der Waals surface area (Å²) in [5.41, 5.74) is 6.36. The van der Waals surface area contributed by atoms with Gasteiger partial charge in [-0.3, -0.25) is 4.90 Å². The van der Waals surface area contributed by atoms with Crippen LogP contribution in [0.2, 0.25) is 0 Å². The second-order valence-corrected chi connectivity index (χ2v) is 6.24. The lowest BCUT2D eigenvalue weighted by molar-refractivity contribution is 0.0382. The molecule has 0 aromatic carbocycles. The summed E-state index contributed by atoms with van der Waals surface area (Å²) in [5, 5.41) is 0. The highest BCUT2D eigenvalue weighted by Gasteiger charge is 2.43. The van der Waals surface area contributed by atoms with Crippen molar-refractivity contribution in [3.8, 4) is 0 Å². The van der Waals surface area contributed by atoms with Gasteiger partial charge in [0.05, 0.1) is 6.61 Å². The number of hydrogen-bond donors (Lipinski definition) is 1. The van der Waals surface area contributed by atoms with Crippen molar-refractivity contribution in [1.29, 1.82) is 0 Å². The molecule has 2 rings (SSSR count). The van der Waals surface area contributed by atoms with Crippen molar-refractivity contribution in [1.82, 2.24) is 4.90 Å². The van der Waals surface area contributed by atoms with Gasteiger partial charge in [0, 0.05) is 25.2 Å².